The number of carbonyl (C=O) groups is 1. The summed E-state index contributed by atoms with van der Waals surface area (Å²) in [6.45, 7) is 0.260. The lowest BCUT2D eigenvalue weighted by Crippen LogP contribution is -2.41. The summed E-state index contributed by atoms with van der Waals surface area (Å²) >= 11 is 5.53. The summed E-state index contributed by atoms with van der Waals surface area (Å²) in [5.41, 5.74) is 0.585. The molecule has 1 atom stereocenters. The fraction of sp³-hybridized carbons (Fsp3) is 0.300. The monoisotopic (exact) mass is 227 g/mol. The van der Waals surface area contributed by atoms with Gasteiger partial charge in [-0.15, -0.1) is 11.6 Å². The zero-order valence-electron chi connectivity index (χ0n) is 7.89. The van der Waals surface area contributed by atoms with E-state index in [1.54, 1.807) is 24.3 Å². The Morgan fingerprint density at radius 2 is 2.20 bits per heavy atom. The number of halogens is 1. The lowest BCUT2D eigenvalue weighted by Gasteiger charge is -2.32. The Morgan fingerprint density at radius 1 is 1.47 bits per heavy atom. The Balaban J connectivity index is 2.34. The molecule has 80 valence electrons. The normalized spacial score (nSPS) is 19.7. The van der Waals surface area contributed by atoms with Crippen molar-refractivity contribution in [2.75, 3.05) is 12.4 Å². The molecule has 1 aromatic carbocycles. The van der Waals surface area contributed by atoms with Gasteiger partial charge in [-0.1, -0.05) is 18.2 Å². The van der Waals surface area contributed by atoms with Crippen LogP contribution in [0.5, 0.6) is 5.75 Å². The van der Waals surface area contributed by atoms with E-state index in [0.717, 1.165) is 0 Å². The van der Waals surface area contributed by atoms with E-state index in [1.165, 1.54) is 4.90 Å². The number of aliphatic hydroxyl groups excluding tert-OH is 1. The number of fused-ring (bicyclic) bond motifs is 1. The van der Waals surface area contributed by atoms with Crippen LogP contribution < -0.4 is 4.74 Å². The smallest absolute Gasteiger partial charge is 0.410 e. The van der Waals surface area contributed by atoms with Gasteiger partial charge in [0.05, 0.1) is 0 Å². The van der Waals surface area contributed by atoms with Crippen LogP contribution >= 0.6 is 11.6 Å². The second-order valence-corrected chi connectivity index (χ2v) is 3.54. The van der Waals surface area contributed by atoms with Crippen molar-refractivity contribution < 1.29 is 14.6 Å². The molecule has 2 rings (SSSR count). The number of hydrogen-bond donors (Lipinski definition) is 1. The topological polar surface area (TPSA) is 49.8 Å². The molecule has 0 fully saturated rings. The van der Waals surface area contributed by atoms with Crippen LogP contribution in [0.15, 0.2) is 24.3 Å². The average molecular weight is 228 g/mol. The summed E-state index contributed by atoms with van der Waals surface area (Å²) in [5.74, 6) is 0.662. The largest absolute Gasteiger partial charge is 0.417 e. The minimum Gasteiger partial charge on any atom is -0.410 e. The van der Waals surface area contributed by atoms with Gasteiger partial charge in [-0.25, -0.2) is 4.79 Å². The summed E-state index contributed by atoms with van der Waals surface area (Å²) in [5, 5.41) is 9.89. The van der Waals surface area contributed by atoms with Crippen LogP contribution in [0.4, 0.5) is 4.79 Å². The molecule has 0 spiro atoms. The molecule has 0 aliphatic carbocycles. The van der Waals surface area contributed by atoms with Crippen LogP contribution in [0.25, 0.3) is 0 Å². The van der Waals surface area contributed by atoms with Crippen LogP contribution in [0.2, 0.25) is 0 Å². The fourth-order valence-corrected chi connectivity index (χ4v) is 1.69. The van der Waals surface area contributed by atoms with Crippen molar-refractivity contribution in [1.82, 2.24) is 4.90 Å². The van der Waals surface area contributed by atoms with E-state index in [4.69, 9.17) is 16.3 Å². The highest BCUT2D eigenvalue weighted by atomic mass is 35.5. The molecule has 0 saturated heterocycles. The van der Waals surface area contributed by atoms with Crippen LogP contribution in [0.1, 0.15) is 11.8 Å². The maximum Gasteiger partial charge on any atom is 0.417 e. The quantitative estimate of drug-likeness (QED) is 0.783. The van der Waals surface area contributed by atoms with E-state index in [2.05, 4.69) is 0 Å². The number of rotatable bonds is 2. The van der Waals surface area contributed by atoms with Gasteiger partial charge < -0.3 is 9.84 Å². The third-order valence-corrected chi connectivity index (χ3v) is 2.42. The molecule has 1 aliphatic rings. The molecule has 0 saturated carbocycles. The van der Waals surface area contributed by atoms with Crippen LogP contribution in [0, 0.1) is 0 Å². The predicted molar refractivity (Wildman–Crippen MR) is 54.9 cm³/mol. The van der Waals surface area contributed by atoms with E-state index in [0.29, 0.717) is 11.3 Å². The summed E-state index contributed by atoms with van der Waals surface area (Å²) in [7, 11) is 0. The minimum absolute atomic E-state index is 0.258. The number of ether oxygens (including phenoxy) is 1. The van der Waals surface area contributed by atoms with E-state index >= 15 is 0 Å². The highest BCUT2D eigenvalue weighted by molar-refractivity contribution is 6.18. The summed E-state index contributed by atoms with van der Waals surface area (Å²) in [4.78, 5) is 12.6. The van der Waals surface area contributed by atoms with Crippen LogP contribution in [-0.4, -0.2) is 28.5 Å². The van der Waals surface area contributed by atoms with Crippen molar-refractivity contribution in [2.45, 2.75) is 6.23 Å². The number of para-hydroxylation sites is 1. The molecule has 1 N–H and O–H groups in total. The molecule has 1 aliphatic heterocycles. The second-order valence-electron chi connectivity index (χ2n) is 3.16. The number of nitrogens with zero attached hydrogens (tertiary/aromatic N) is 1. The number of alkyl halides is 1. The van der Waals surface area contributed by atoms with Gasteiger partial charge in [-0.05, 0) is 6.07 Å². The van der Waals surface area contributed by atoms with E-state index < -0.39 is 12.3 Å². The first kappa shape index (κ1) is 10.3. The molecule has 1 heterocycles. The van der Waals surface area contributed by atoms with Gasteiger partial charge in [0.1, 0.15) is 5.75 Å². The average Bonchev–Trinajstić information content (AvgIpc) is 2.24. The van der Waals surface area contributed by atoms with Gasteiger partial charge >= 0.3 is 6.09 Å². The molecule has 1 aromatic rings. The van der Waals surface area contributed by atoms with Gasteiger partial charge in [-0.3, -0.25) is 4.90 Å². The number of carbonyl (C=O) groups excluding carboxylic acids is 1. The maximum atomic E-state index is 11.4. The predicted octanol–water partition coefficient (Wildman–Crippen LogP) is 1.73. The van der Waals surface area contributed by atoms with E-state index in [-0.39, 0.29) is 12.4 Å². The third-order valence-electron chi connectivity index (χ3n) is 2.25. The highest BCUT2D eigenvalue weighted by Gasteiger charge is 2.31. The minimum atomic E-state index is -0.971. The van der Waals surface area contributed by atoms with Crippen molar-refractivity contribution in [1.29, 1.82) is 0 Å². The first-order valence-electron chi connectivity index (χ1n) is 4.55. The van der Waals surface area contributed by atoms with Gasteiger partial charge in [-0.2, -0.15) is 0 Å². The Bertz CT molecular complexity index is 383. The van der Waals surface area contributed by atoms with Gasteiger partial charge in [0.25, 0.3) is 0 Å². The molecule has 15 heavy (non-hydrogen) atoms. The van der Waals surface area contributed by atoms with Crippen molar-refractivity contribution in [3.63, 3.8) is 0 Å². The highest BCUT2D eigenvalue weighted by Crippen LogP contribution is 2.32. The van der Waals surface area contributed by atoms with Crippen molar-refractivity contribution in [3.8, 4) is 5.75 Å². The summed E-state index contributed by atoms with van der Waals surface area (Å²) < 4.78 is 5.04. The van der Waals surface area contributed by atoms with E-state index in [1.807, 2.05) is 0 Å². The third kappa shape index (κ3) is 1.78. The number of hydrogen-bond acceptors (Lipinski definition) is 3. The zero-order valence-corrected chi connectivity index (χ0v) is 8.65. The van der Waals surface area contributed by atoms with Crippen molar-refractivity contribution >= 4 is 17.7 Å². The molecule has 1 unspecified atom stereocenters. The van der Waals surface area contributed by atoms with Crippen LogP contribution in [-0.2, 0) is 0 Å². The Kier molecular flexibility index (Phi) is 2.79. The summed E-state index contributed by atoms with van der Waals surface area (Å²) in [6, 6.07) is 6.89. The second kappa shape index (κ2) is 4.08. The molecule has 1 amide bonds. The molecular weight excluding hydrogens is 218 g/mol. The number of benzene rings is 1. The Hall–Kier alpha value is -1.26. The first-order chi connectivity index (χ1) is 7.24. The number of aliphatic hydroxyl groups is 1. The van der Waals surface area contributed by atoms with Crippen LogP contribution in [0.3, 0.4) is 0 Å². The SMILES string of the molecule is O=C1Oc2ccccc2C(O)N1CCCl. The molecule has 0 radical (unpaired) electrons. The van der Waals surface area contributed by atoms with Crippen molar-refractivity contribution in [3.05, 3.63) is 29.8 Å². The molecule has 5 heteroatoms. The molecule has 0 bridgehead atoms. The van der Waals surface area contributed by atoms with Gasteiger partial charge in [0.15, 0.2) is 6.23 Å². The molecule has 4 nitrogen and oxygen atoms in total. The fourth-order valence-electron chi connectivity index (χ4n) is 1.51. The maximum absolute atomic E-state index is 11.4. The Labute approximate surface area is 92.0 Å². The zero-order chi connectivity index (χ0) is 10.8. The lowest BCUT2D eigenvalue weighted by molar-refractivity contribution is 0.00299. The lowest BCUT2D eigenvalue weighted by atomic mass is 10.1. The van der Waals surface area contributed by atoms with Crippen molar-refractivity contribution in [2.24, 2.45) is 0 Å². The molecule has 0 aromatic heterocycles. The summed E-state index contributed by atoms with van der Waals surface area (Å²) in [6.07, 6.45) is -1.54. The number of amides is 1. The standard InChI is InChI=1S/C10H10ClNO3/c11-5-6-12-9(13)7-3-1-2-4-8(7)15-10(12)14/h1-4,9,13H,5-6H2. The molecular formula is C10H10ClNO3. The van der Waals surface area contributed by atoms with E-state index in [9.17, 15) is 9.90 Å². The first-order valence-corrected chi connectivity index (χ1v) is 5.09. The van der Waals surface area contributed by atoms with Gasteiger partial charge in [0.2, 0.25) is 0 Å². The Morgan fingerprint density at radius 3 is 2.93 bits per heavy atom. The van der Waals surface area contributed by atoms with Gasteiger partial charge in [0, 0.05) is 18.0 Å².